The maximum Gasteiger partial charge on any atom is 0.0702 e. The minimum atomic E-state index is 0.310. The van der Waals surface area contributed by atoms with Crippen molar-refractivity contribution in [1.29, 1.82) is 0 Å². The van der Waals surface area contributed by atoms with Gasteiger partial charge in [-0.15, -0.1) is 0 Å². The SMILES string of the molecule is CCC1(C)CN(CC2CCCO2)C(C2CC2)CN1. The van der Waals surface area contributed by atoms with Crippen LogP contribution in [0, 0.1) is 5.92 Å². The van der Waals surface area contributed by atoms with Gasteiger partial charge in [0.25, 0.3) is 0 Å². The molecule has 1 N–H and O–H groups in total. The molecule has 3 atom stereocenters. The van der Waals surface area contributed by atoms with Crippen molar-refractivity contribution in [3.05, 3.63) is 0 Å². The second-order valence-corrected chi connectivity index (χ2v) is 6.76. The summed E-state index contributed by atoms with van der Waals surface area (Å²) in [5, 5.41) is 3.79. The Kier molecular flexibility index (Phi) is 3.65. The summed E-state index contributed by atoms with van der Waals surface area (Å²) in [7, 11) is 0. The molecule has 18 heavy (non-hydrogen) atoms. The highest BCUT2D eigenvalue weighted by Crippen LogP contribution is 2.38. The van der Waals surface area contributed by atoms with E-state index in [1.54, 1.807) is 0 Å². The smallest absolute Gasteiger partial charge is 0.0702 e. The summed E-state index contributed by atoms with van der Waals surface area (Å²) in [5.74, 6) is 0.959. The summed E-state index contributed by atoms with van der Waals surface area (Å²) >= 11 is 0. The molecule has 0 bridgehead atoms. The van der Waals surface area contributed by atoms with Gasteiger partial charge in [-0.2, -0.15) is 0 Å². The number of rotatable bonds is 4. The van der Waals surface area contributed by atoms with E-state index in [0.717, 1.165) is 18.6 Å². The van der Waals surface area contributed by atoms with Crippen molar-refractivity contribution in [3.63, 3.8) is 0 Å². The monoisotopic (exact) mass is 252 g/mol. The van der Waals surface area contributed by atoms with Crippen LogP contribution in [0.5, 0.6) is 0 Å². The Morgan fingerprint density at radius 1 is 1.33 bits per heavy atom. The fraction of sp³-hybridized carbons (Fsp3) is 1.00. The molecule has 104 valence electrons. The molecular weight excluding hydrogens is 224 g/mol. The summed E-state index contributed by atoms with van der Waals surface area (Å²) in [4.78, 5) is 2.74. The summed E-state index contributed by atoms with van der Waals surface area (Å²) in [6.45, 7) is 9.20. The van der Waals surface area contributed by atoms with E-state index in [1.807, 2.05) is 0 Å². The largest absolute Gasteiger partial charge is 0.377 e. The van der Waals surface area contributed by atoms with Crippen LogP contribution in [0.15, 0.2) is 0 Å². The molecule has 0 spiro atoms. The van der Waals surface area contributed by atoms with Crippen LogP contribution in [0.2, 0.25) is 0 Å². The quantitative estimate of drug-likeness (QED) is 0.828. The molecule has 3 nitrogen and oxygen atoms in total. The van der Waals surface area contributed by atoms with Crippen LogP contribution in [-0.4, -0.2) is 48.8 Å². The molecule has 0 aromatic heterocycles. The van der Waals surface area contributed by atoms with Crippen molar-refractivity contribution in [2.45, 2.75) is 63.6 Å². The lowest BCUT2D eigenvalue weighted by atomic mass is 9.91. The van der Waals surface area contributed by atoms with E-state index in [4.69, 9.17) is 4.74 Å². The van der Waals surface area contributed by atoms with Crippen LogP contribution < -0.4 is 5.32 Å². The van der Waals surface area contributed by atoms with E-state index in [-0.39, 0.29) is 0 Å². The van der Waals surface area contributed by atoms with Gasteiger partial charge >= 0.3 is 0 Å². The summed E-state index contributed by atoms with van der Waals surface area (Å²) in [6, 6.07) is 0.772. The van der Waals surface area contributed by atoms with Crippen molar-refractivity contribution >= 4 is 0 Å². The average Bonchev–Trinajstić information content (AvgIpc) is 3.08. The van der Waals surface area contributed by atoms with Gasteiger partial charge in [-0.05, 0) is 44.9 Å². The summed E-state index contributed by atoms with van der Waals surface area (Å²) in [5.41, 5.74) is 0.310. The van der Waals surface area contributed by atoms with Gasteiger partial charge in [0.1, 0.15) is 0 Å². The molecule has 3 rings (SSSR count). The first-order valence-corrected chi connectivity index (χ1v) is 7.81. The average molecular weight is 252 g/mol. The Morgan fingerprint density at radius 3 is 2.78 bits per heavy atom. The predicted octanol–water partition coefficient (Wildman–Crippen LogP) is 2.02. The van der Waals surface area contributed by atoms with Crippen LogP contribution in [0.4, 0.5) is 0 Å². The van der Waals surface area contributed by atoms with Gasteiger partial charge in [0, 0.05) is 37.8 Å². The zero-order valence-corrected chi connectivity index (χ0v) is 12.0. The predicted molar refractivity (Wildman–Crippen MR) is 73.8 cm³/mol. The molecule has 1 saturated carbocycles. The van der Waals surface area contributed by atoms with E-state index in [9.17, 15) is 0 Å². The van der Waals surface area contributed by atoms with Gasteiger partial charge in [0.15, 0.2) is 0 Å². The molecule has 0 aromatic rings. The standard InChI is InChI=1S/C15H28N2O/c1-3-15(2)11-17(10-13-5-4-8-18-13)14(9-16-15)12-6-7-12/h12-14,16H,3-11H2,1-2H3. The molecule has 2 aliphatic heterocycles. The van der Waals surface area contributed by atoms with Crippen molar-refractivity contribution in [2.75, 3.05) is 26.2 Å². The van der Waals surface area contributed by atoms with E-state index >= 15 is 0 Å². The topological polar surface area (TPSA) is 24.5 Å². The van der Waals surface area contributed by atoms with E-state index in [0.29, 0.717) is 11.6 Å². The Hall–Kier alpha value is -0.120. The molecular formula is C15H28N2O. The van der Waals surface area contributed by atoms with Crippen LogP contribution in [0.3, 0.4) is 0 Å². The molecule has 2 heterocycles. The third kappa shape index (κ3) is 2.73. The number of hydrogen-bond acceptors (Lipinski definition) is 3. The number of nitrogens with zero attached hydrogens (tertiary/aromatic N) is 1. The minimum Gasteiger partial charge on any atom is -0.377 e. The van der Waals surface area contributed by atoms with Crippen LogP contribution in [0.25, 0.3) is 0 Å². The van der Waals surface area contributed by atoms with Gasteiger partial charge < -0.3 is 10.1 Å². The van der Waals surface area contributed by atoms with Gasteiger partial charge in [0.2, 0.25) is 0 Å². The zero-order valence-electron chi connectivity index (χ0n) is 12.0. The number of hydrogen-bond donors (Lipinski definition) is 1. The first-order valence-electron chi connectivity index (χ1n) is 7.81. The minimum absolute atomic E-state index is 0.310. The second-order valence-electron chi connectivity index (χ2n) is 6.76. The van der Waals surface area contributed by atoms with Crippen molar-refractivity contribution < 1.29 is 4.74 Å². The number of nitrogens with one attached hydrogen (secondary N) is 1. The lowest BCUT2D eigenvalue weighted by Gasteiger charge is -2.47. The van der Waals surface area contributed by atoms with Crippen LogP contribution in [-0.2, 0) is 4.74 Å². The molecule has 3 unspecified atom stereocenters. The fourth-order valence-corrected chi connectivity index (χ4v) is 3.53. The molecule has 0 radical (unpaired) electrons. The molecule has 0 amide bonds. The molecule has 2 saturated heterocycles. The highest BCUT2D eigenvalue weighted by atomic mass is 16.5. The molecule has 0 aromatic carbocycles. The van der Waals surface area contributed by atoms with E-state index in [1.165, 1.54) is 51.7 Å². The zero-order chi connectivity index (χ0) is 12.6. The van der Waals surface area contributed by atoms with Crippen molar-refractivity contribution in [2.24, 2.45) is 5.92 Å². The molecule has 3 heteroatoms. The van der Waals surface area contributed by atoms with Gasteiger partial charge in [-0.1, -0.05) is 6.92 Å². The highest BCUT2D eigenvalue weighted by molar-refractivity contribution is 5.00. The van der Waals surface area contributed by atoms with Crippen molar-refractivity contribution in [1.82, 2.24) is 10.2 Å². The second kappa shape index (κ2) is 5.10. The third-order valence-corrected chi connectivity index (χ3v) is 5.17. The van der Waals surface area contributed by atoms with Crippen LogP contribution in [0.1, 0.15) is 46.0 Å². The maximum absolute atomic E-state index is 5.84. The third-order valence-electron chi connectivity index (χ3n) is 5.17. The Labute approximate surface area is 111 Å². The first-order chi connectivity index (χ1) is 8.70. The Balaban J connectivity index is 1.64. The first kappa shape index (κ1) is 12.9. The molecule has 3 aliphatic rings. The van der Waals surface area contributed by atoms with E-state index in [2.05, 4.69) is 24.1 Å². The lowest BCUT2D eigenvalue weighted by Crippen LogP contribution is -2.64. The van der Waals surface area contributed by atoms with Crippen molar-refractivity contribution in [3.8, 4) is 0 Å². The maximum atomic E-state index is 5.84. The van der Waals surface area contributed by atoms with Gasteiger partial charge in [0.05, 0.1) is 6.10 Å². The number of piperazine rings is 1. The fourth-order valence-electron chi connectivity index (χ4n) is 3.53. The molecule has 1 aliphatic carbocycles. The normalized spacial score (nSPS) is 42.3. The Morgan fingerprint density at radius 2 is 2.17 bits per heavy atom. The molecule has 3 fully saturated rings. The van der Waals surface area contributed by atoms with Gasteiger partial charge in [-0.25, -0.2) is 0 Å². The lowest BCUT2D eigenvalue weighted by molar-refractivity contribution is 0.0159. The van der Waals surface area contributed by atoms with E-state index < -0.39 is 0 Å². The van der Waals surface area contributed by atoms with Gasteiger partial charge in [-0.3, -0.25) is 4.90 Å². The summed E-state index contributed by atoms with van der Waals surface area (Å²) in [6.07, 6.45) is 7.13. The summed E-state index contributed by atoms with van der Waals surface area (Å²) < 4.78 is 5.84. The highest BCUT2D eigenvalue weighted by Gasteiger charge is 2.42. The Bertz CT molecular complexity index is 286. The van der Waals surface area contributed by atoms with Crippen LogP contribution >= 0.6 is 0 Å². The number of ether oxygens (including phenoxy) is 1.